The van der Waals surface area contributed by atoms with Crippen LogP contribution in [-0.2, 0) is 0 Å². The van der Waals surface area contributed by atoms with Gasteiger partial charge in [0.2, 0.25) is 6.79 Å². The Morgan fingerprint density at radius 2 is 1.83 bits per heavy atom. The summed E-state index contributed by atoms with van der Waals surface area (Å²) in [5.74, 6) is 0.769. The maximum atomic E-state index is 12.1. The molecule has 1 heterocycles. The monoisotopic (exact) mass is 332 g/mol. The average molecular weight is 333 g/mol. The van der Waals surface area contributed by atoms with Crippen molar-refractivity contribution >= 4 is 34.8 Å². The minimum atomic E-state index is -0.492. The maximum absolute atomic E-state index is 12.1. The Hall–Kier alpha value is -2.73. The molecule has 23 heavy (non-hydrogen) atoms. The number of amides is 2. The summed E-state index contributed by atoms with van der Waals surface area (Å²) in [7, 11) is 0. The Bertz CT molecular complexity index is 792. The third kappa shape index (κ3) is 3.37. The van der Waals surface area contributed by atoms with Crippen molar-refractivity contribution in [1.82, 2.24) is 0 Å². The molecule has 0 spiro atoms. The fourth-order valence-electron chi connectivity index (χ4n) is 2.19. The summed E-state index contributed by atoms with van der Waals surface area (Å²) >= 11 is 5.87. The quantitative estimate of drug-likeness (QED) is 0.835. The zero-order valence-electron chi connectivity index (χ0n) is 12.2. The predicted molar refractivity (Wildman–Crippen MR) is 86.7 cm³/mol. The molecule has 0 bridgehead atoms. The standard InChI is InChI=1S/C16H13ClN2O4/c1-9(20)12-6-14-15(23-8-22-14)7-13(12)19-16(21)18-11-4-2-3-10(17)5-11/h2-7H,8H2,1H3,(H2,18,19,21). The zero-order chi connectivity index (χ0) is 16.4. The molecular formula is C16H13ClN2O4. The van der Waals surface area contributed by atoms with Gasteiger partial charge in [0.25, 0.3) is 0 Å². The van der Waals surface area contributed by atoms with E-state index >= 15 is 0 Å². The van der Waals surface area contributed by atoms with Crippen molar-refractivity contribution in [2.45, 2.75) is 6.92 Å². The molecule has 2 amide bonds. The maximum Gasteiger partial charge on any atom is 0.323 e. The SMILES string of the molecule is CC(=O)c1cc2c(cc1NC(=O)Nc1cccc(Cl)c1)OCO2. The topological polar surface area (TPSA) is 76.7 Å². The molecule has 0 aliphatic carbocycles. The van der Waals surface area contributed by atoms with Crippen molar-refractivity contribution in [2.24, 2.45) is 0 Å². The van der Waals surface area contributed by atoms with Crippen LogP contribution in [0.1, 0.15) is 17.3 Å². The second kappa shape index (κ2) is 6.18. The van der Waals surface area contributed by atoms with E-state index < -0.39 is 6.03 Å². The number of anilines is 2. The highest BCUT2D eigenvalue weighted by molar-refractivity contribution is 6.30. The number of fused-ring (bicyclic) bond motifs is 1. The second-order valence-electron chi connectivity index (χ2n) is 4.90. The Morgan fingerprint density at radius 3 is 2.52 bits per heavy atom. The molecule has 2 N–H and O–H groups in total. The van der Waals surface area contributed by atoms with Gasteiger partial charge >= 0.3 is 6.03 Å². The highest BCUT2D eigenvalue weighted by atomic mass is 35.5. The van der Waals surface area contributed by atoms with Gasteiger partial charge in [-0.3, -0.25) is 4.79 Å². The van der Waals surface area contributed by atoms with Gasteiger partial charge in [-0.05, 0) is 31.2 Å². The molecule has 0 fully saturated rings. The first kappa shape index (κ1) is 15.2. The van der Waals surface area contributed by atoms with Gasteiger partial charge in [-0.25, -0.2) is 4.79 Å². The second-order valence-corrected chi connectivity index (χ2v) is 5.33. The van der Waals surface area contributed by atoms with E-state index in [0.717, 1.165) is 0 Å². The Morgan fingerprint density at radius 1 is 1.09 bits per heavy atom. The van der Waals surface area contributed by atoms with Gasteiger partial charge in [-0.1, -0.05) is 17.7 Å². The van der Waals surface area contributed by atoms with E-state index in [2.05, 4.69) is 10.6 Å². The van der Waals surface area contributed by atoms with Gasteiger partial charge in [0, 0.05) is 22.3 Å². The molecule has 0 unspecified atom stereocenters. The molecule has 0 atom stereocenters. The normalized spacial score (nSPS) is 11.9. The molecule has 0 saturated carbocycles. The summed E-state index contributed by atoms with van der Waals surface area (Å²) in [4.78, 5) is 23.9. The number of carbonyl (C=O) groups excluding carboxylic acids is 2. The molecule has 1 aliphatic rings. The molecule has 2 aromatic rings. The van der Waals surface area contributed by atoms with Crippen molar-refractivity contribution in [1.29, 1.82) is 0 Å². The van der Waals surface area contributed by atoms with Crippen LogP contribution in [0.4, 0.5) is 16.2 Å². The van der Waals surface area contributed by atoms with Gasteiger partial charge in [0.15, 0.2) is 17.3 Å². The number of hydrogen-bond donors (Lipinski definition) is 2. The molecule has 118 valence electrons. The molecule has 3 rings (SSSR count). The number of urea groups is 1. The highest BCUT2D eigenvalue weighted by Gasteiger charge is 2.20. The Balaban J connectivity index is 1.81. The van der Waals surface area contributed by atoms with E-state index in [0.29, 0.717) is 33.5 Å². The lowest BCUT2D eigenvalue weighted by Gasteiger charge is -2.11. The van der Waals surface area contributed by atoms with E-state index in [-0.39, 0.29) is 12.6 Å². The van der Waals surface area contributed by atoms with Crippen LogP contribution in [0.5, 0.6) is 11.5 Å². The first-order chi connectivity index (χ1) is 11.0. The van der Waals surface area contributed by atoms with Crippen LogP contribution in [0, 0.1) is 0 Å². The van der Waals surface area contributed by atoms with Crippen molar-refractivity contribution in [3.63, 3.8) is 0 Å². The number of ether oxygens (including phenoxy) is 2. The average Bonchev–Trinajstić information content (AvgIpc) is 2.93. The van der Waals surface area contributed by atoms with E-state index in [1.165, 1.54) is 6.92 Å². The summed E-state index contributed by atoms with van der Waals surface area (Å²) < 4.78 is 10.5. The van der Waals surface area contributed by atoms with Crippen molar-refractivity contribution in [3.05, 3.63) is 47.0 Å². The van der Waals surface area contributed by atoms with E-state index in [1.54, 1.807) is 36.4 Å². The molecule has 2 aromatic carbocycles. The van der Waals surface area contributed by atoms with E-state index in [4.69, 9.17) is 21.1 Å². The van der Waals surface area contributed by atoms with E-state index in [9.17, 15) is 9.59 Å². The van der Waals surface area contributed by atoms with Crippen LogP contribution in [0.15, 0.2) is 36.4 Å². The van der Waals surface area contributed by atoms with Gasteiger partial charge < -0.3 is 20.1 Å². The first-order valence-electron chi connectivity index (χ1n) is 6.81. The van der Waals surface area contributed by atoms with Gasteiger partial charge in [-0.2, -0.15) is 0 Å². The largest absolute Gasteiger partial charge is 0.454 e. The van der Waals surface area contributed by atoms with Crippen molar-refractivity contribution in [3.8, 4) is 11.5 Å². The Labute approximate surface area is 137 Å². The van der Waals surface area contributed by atoms with Crippen LogP contribution in [0.25, 0.3) is 0 Å². The van der Waals surface area contributed by atoms with Gasteiger partial charge in [0.05, 0.1) is 5.69 Å². The minimum Gasteiger partial charge on any atom is -0.454 e. The third-order valence-electron chi connectivity index (χ3n) is 3.22. The summed E-state index contributed by atoms with van der Waals surface area (Å²) in [5.41, 5.74) is 1.23. The molecule has 0 aromatic heterocycles. The summed E-state index contributed by atoms with van der Waals surface area (Å²) in [6, 6.07) is 9.38. The highest BCUT2D eigenvalue weighted by Crippen LogP contribution is 2.37. The van der Waals surface area contributed by atoms with Gasteiger partial charge in [-0.15, -0.1) is 0 Å². The number of rotatable bonds is 3. The zero-order valence-corrected chi connectivity index (χ0v) is 12.9. The molecular weight excluding hydrogens is 320 g/mol. The lowest BCUT2D eigenvalue weighted by molar-refractivity contribution is 0.101. The van der Waals surface area contributed by atoms with Crippen molar-refractivity contribution in [2.75, 3.05) is 17.4 Å². The molecule has 1 aliphatic heterocycles. The summed E-state index contributed by atoms with van der Waals surface area (Å²) in [5, 5.41) is 5.80. The van der Waals surface area contributed by atoms with Crippen LogP contribution in [0.3, 0.4) is 0 Å². The number of hydrogen-bond acceptors (Lipinski definition) is 4. The number of ketones is 1. The van der Waals surface area contributed by atoms with Crippen LogP contribution in [0.2, 0.25) is 5.02 Å². The lowest BCUT2D eigenvalue weighted by atomic mass is 10.1. The van der Waals surface area contributed by atoms with Crippen LogP contribution >= 0.6 is 11.6 Å². The van der Waals surface area contributed by atoms with Crippen molar-refractivity contribution < 1.29 is 19.1 Å². The fraction of sp³-hybridized carbons (Fsp3) is 0.125. The molecule has 0 saturated heterocycles. The minimum absolute atomic E-state index is 0.0881. The Kier molecular flexibility index (Phi) is 4.08. The van der Waals surface area contributed by atoms with Crippen LogP contribution < -0.4 is 20.1 Å². The number of carbonyl (C=O) groups is 2. The summed E-state index contributed by atoms with van der Waals surface area (Å²) in [6.07, 6.45) is 0. The number of nitrogens with one attached hydrogen (secondary N) is 2. The smallest absolute Gasteiger partial charge is 0.323 e. The molecule has 6 nitrogen and oxygen atoms in total. The predicted octanol–water partition coefficient (Wildman–Crippen LogP) is 3.92. The lowest BCUT2D eigenvalue weighted by Crippen LogP contribution is -2.20. The van der Waals surface area contributed by atoms with E-state index in [1.807, 2.05) is 0 Å². The first-order valence-corrected chi connectivity index (χ1v) is 7.19. The van der Waals surface area contributed by atoms with Gasteiger partial charge in [0.1, 0.15) is 0 Å². The number of benzene rings is 2. The summed E-state index contributed by atoms with van der Waals surface area (Å²) in [6.45, 7) is 1.50. The molecule has 0 radical (unpaired) electrons. The number of halogens is 1. The van der Waals surface area contributed by atoms with Crippen LogP contribution in [-0.4, -0.2) is 18.6 Å². The fourth-order valence-corrected chi connectivity index (χ4v) is 2.38. The molecule has 7 heteroatoms. The third-order valence-corrected chi connectivity index (χ3v) is 3.46. The number of Topliss-reactive ketones (excluding diaryl/α,β-unsaturated/α-hetero) is 1.